The van der Waals surface area contributed by atoms with Crippen molar-refractivity contribution in [2.45, 2.75) is 53.2 Å². The Balaban J connectivity index is 1.54. The minimum Gasteiger partial charge on any atom is -0.484 e. The summed E-state index contributed by atoms with van der Waals surface area (Å²) in [6.45, 7) is 8.48. The quantitative estimate of drug-likeness (QED) is 0.605. The summed E-state index contributed by atoms with van der Waals surface area (Å²) in [4.78, 5) is 20.9. The Morgan fingerprint density at radius 1 is 1.26 bits per heavy atom. The molecule has 2 aromatic heterocycles. The fourth-order valence-electron chi connectivity index (χ4n) is 2.69. The van der Waals surface area contributed by atoms with Crippen molar-refractivity contribution in [3.63, 3.8) is 0 Å². The molecular weight excluding hydrogens is 362 g/mol. The molecule has 1 N–H and O–H groups in total. The Morgan fingerprint density at radius 3 is 2.85 bits per heavy atom. The third kappa shape index (κ3) is 5.29. The van der Waals surface area contributed by atoms with Gasteiger partial charge in [-0.05, 0) is 44.7 Å². The zero-order valence-corrected chi connectivity index (χ0v) is 16.9. The number of rotatable bonds is 8. The molecule has 0 saturated carbocycles. The number of ether oxygens (including phenoxy) is 1. The molecule has 0 aliphatic heterocycles. The van der Waals surface area contributed by atoms with Gasteiger partial charge in [-0.1, -0.05) is 13.8 Å². The largest absolute Gasteiger partial charge is 0.484 e. The van der Waals surface area contributed by atoms with Gasteiger partial charge in [0.2, 0.25) is 5.89 Å². The number of fused-ring (bicyclic) bond motifs is 1. The number of benzene rings is 1. The van der Waals surface area contributed by atoms with Crippen LogP contribution in [0.2, 0.25) is 0 Å². The number of hydrogen-bond acceptors (Lipinski definition) is 6. The maximum atomic E-state index is 12.3. The van der Waals surface area contributed by atoms with Crippen molar-refractivity contribution in [2.75, 3.05) is 0 Å². The molecule has 2 heterocycles. The minimum absolute atomic E-state index is 0.101. The van der Waals surface area contributed by atoms with Crippen molar-refractivity contribution in [1.82, 2.24) is 15.3 Å². The minimum atomic E-state index is -0.222. The molecule has 0 radical (unpaired) electrons. The first-order valence-corrected chi connectivity index (χ1v) is 9.97. The first kappa shape index (κ1) is 19.4. The van der Waals surface area contributed by atoms with E-state index in [4.69, 9.17) is 9.15 Å². The number of aryl methyl sites for hydroxylation is 1. The number of nitrogens with zero attached hydrogens (tertiary/aromatic N) is 2. The van der Waals surface area contributed by atoms with Gasteiger partial charge in [0.25, 0.3) is 5.91 Å². The third-order valence-corrected chi connectivity index (χ3v) is 5.12. The molecule has 0 bridgehead atoms. The van der Waals surface area contributed by atoms with Crippen molar-refractivity contribution >= 4 is 27.5 Å². The van der Waals surface area contributed by atoms with Crippen LogP contribution in [0.5, 0.6) is 5.75 Å². The highest BCUT2D eigenvalue weighted by Gasteiger charge is 2.15. The second-order valence-electron chi connectivity index (χ2n) is 7.12. The van der Waals surface area contributed by atoms with E-state index >= 15 is 0 Å². The second kappa shape index (κ2) is 8.52. The van der Waals surface area contributed by atoms with Gasteiger partial charge < -0.3 is 14.5 Å². The number of carbonyl (C=O) groups excluding carboxylic acids is 1. The molecule has 6 nitrogen and oxygen atoms in total. The summed E-state index contributed by atoms with van der Waals surface area (Å²) in [6.07, 6.45) is 3.38. The van der Waals surface area contributed by atoms with Gasteiger partial charge in [-0.2, -0.15) is 0 Å². The molecule has 0 aliphatic carbocycles. The van der Waals surface area contributed by atoms with E-state index in [1.54, 1.807) is 11.3 Å². The molecule has 1 amide bonds. The van der Waals surface area contributed by atoms with Gasteiger partial charge in [0.15, 0.2) is 12.3 Å². The number of amides is 1. The summed E-state index contributed by atoms with van der Waals surface area (Å²) >= 11 is 1.65. The molecular formula is C20H25N3O3S. The van der Waals surface area contributed by atoms with Crippen molar-refractivity contribution in [3.8, 4) is 5.75 Å². The molecule has 0 spiro atoms. The zero-order valence-electron chi connectivity index (χ0n) is 16.1. The molecule has 1 atom stereocenters. The normalized spacial score (nSPS) is 12.5. The zero-order chi connectivity index (χ0) is 19.4. The number of nitrogens with one attached hydrogen (secondary N) is 1. The first-order valence-electron chi connectivity index (χ1n) is 9.16. The van der Waals surface area contributed by atoms with Gasteiger partial charge in [0.05, 0.1) is 15.2 Å². The van der Waals surface area contributed by atoms with E-state index in [0.717, 1.165) is 28.1 Å². The van der Waals surface area contributed by atoms with Crippen LogP contribution in [0.3, 0.4) is 0 Å². The Morgan fingerprint density at radius 2 is 2.07 bits per heavy atom. The lowest BCUT2D eigenvalue weighted by atomic mass is 10.0. The number of thiazole rings is 1. The molecule has 0 fully saturated rings. The highest BCUT2D eigenvalue weighted by molar-refractivity contribution is 7.18. The summed E-state index contributed by atoms with van der Waals surface area (Å²) in [6, 6.07) is 5.88. The maximum absolute atomic E-state index is 12.3. The fraction of sp³-hybridized carbons (Fsp3) is 0.450. The van der Waals surface area contributed by atoms with Crippen LogP contribution in [0.25, 0.3) is 10.2 Å². The fourth-order valence-corrected chi connectivity index (χ4v) is 3.50. The average molecular weight is 388 g/mol. The van der Waals surface area contributed by atoms with E-state index in [1.807, 2.05) is 32.0 Å². The number of oxazole rings is 1. The SMILES string of the molecule is Cc1nc2cc(OCc3nc(C(=O)NC(C)CCC(C)C)co3)ccc2s1. The Labute approximate surface area is 163 Å². The van der Waals surface area contributed by atoms with Gasteiger partial charge >= 0.3 is 0 Å². The van der Waals surface area contributed by atoms with Crippen LogP contribution in [-0.2, 0) is 6.61 Å². The van der Waals surface area contributed by atoms with Crippen LogP contribution in [0.15, 0.2) is 28.9 Å². The molecule has 3 aromatic rings. The Kier molecular flexibility index (Phi) is 6.11. The van der Waals surface area contributed by atoms with Crippen LogP contribution in [-0.4, -0.2) is 21.9 Å². The molecule has 3 rings (SSSR count). The highest BCUT2D eigenvalue weighted by Crippen LogP contribution is 2.26. The van der Waals surface area contributed by atoms with Gasteiger partial charge in [-0.3, -0.25) is 4.79 Å². The van der Waals surface area contributed by atoms with E-state index in [2.05, 4.69) is 29.1 Å². The Bertz CT molecular complexity index is 916. The lowest BCUT2D eigenvalue weighted by Crippen LogP contribution is -2.33. The van der Waals surface area contributed by atoms with E-state index in [1.165, 1.54) is 6.26 Å². The van der Waals surface area contributed by atoms with Gasteiger partial charge in [-0.15, -0.1) is 11.3 Å². The smallest absolute Gasteiger partial charge is 0.273 e. The number of aromatic nitrogens is 2. The number of carbonyl (C=O) groups is 1. The molecule has 1 unspecified atom stereocenters. The van der Waals surface area contributed by atoms with Crippen LogP contribution in [0, 0.1) is 12.8 Å². The lowest BCUT2D eigenvalue weighted by Gasteiger charge is -2.13. The van der Waals surface area contributed by atoms with E-state index in [0.29, 0.717) is 17.6 Å². The summed E-state index contributed by atoms with van der Waals surface area (Å²) in [5.74, 6) is 1.46. The van der Waals surface area contributed by atoms with Gasteiger partial charge in [0.1, 0.15) is 12.0 Å². The highest BCUT2D eigenvalue weighted by atomic mass is 32.1. The standard InChI is InChI=1S/C20H25N3O3S/c1-12(2)5-6-13(3)21-20(24)17-10-26-19(23-17)11-25-15-7-8-18-16(9-15)22-14(4)27-18/h7-10,12-13H,5-6,11H2,1-4H3,(H,21,24). The number of hydrogen-bond donors (Lipinski definition) is 1. The van der Waals surface area contributed by atoms with Crippen LogP contribution < -0.4 is 10.1 Å². The van der Waals surface area contributed by atoms with E-state index in [9.17, 15) is 4.79 Å². The first-order chi connectivity index (χ1) is 12.9. The van der Waals surface area contributed by atoms with E-state index < -0.39 is 0 Å². The van der Waals surface area contributed by atoms with Gasteiger partial charge in [-0.25, -0.2) is 9.97 Å². The second-order valence-corrected chi connectivity index (χ2v) is 8.36. The maximum Gasteiger partial charge on any atom is 0.273 e. The Hall–Kier alpha value is -2.41. The monoisotopic (exact) mass is 387 g/mol. The lowest BCUT2D eigenvalue weighted by molar-refractivity contribution is 0.0932. The van der Waals surface area contributed by atoms with Crippen molar-refractivity contribution < 1.29 is 13.9 Å². The van der Waals surface area contributed by atoms with Crippen molar-refractivity contribution in [2.24, 2.45) is 5.92 Å². The summed E-state index contributed by atoms with van der Waals surface area (Å²) in [5.41, 5.74) is 1.19. The molecule has 1 aromatic carbocycles. The third-order valence-electron chi connectivity index (χ3n) is 4.17. The topological polar surface area (TPSA) is 77.2 Å². The van der Waals surface area contributed by atoms with Crippen LogP contribution in [0.4, 0.5) is 0 Å². The summed E-state index contributed by atoms with van der Waals surface area (Å²) in [7, 11) is 0. The van der Waals surface area contributed by atoms with E-state index in [-0.39, 0.29) is 24.2 Å². The summed E-state index contributed by atoms with van der Waals surface area (Å²) < 4.78 is 12.2. The van der Waals surface area contributed by atoms with Crippen molar-refractivity contribution in [1.29, 1.82) is 0 Å². The summed E-state index contributed by atoms with van der Waals surface area (Å²) in [5, 5.41) is 3.97. The predicted octanol–water partition coefficient (Wildman–Crippen LogP) is 4.73. The predicted molar refractivity (Wildman–Crippen MR) is 106 cm³/mol. The average Bonchev–Trinajstić information content (AvgIpc) is 3.23. The molecule has 144 valence electrons. The molecule has 7 heteroatoms. The van der Waals surface area contributed by atoms with Crippen molar-refractivity contribution in [3.05, 3.63) is 41.1 Å². The molecule has 0 aliphatic rings. The van der Waals surface area contributed by atoms with Gasteiger partial charge in [0, 0.05) is 12.1 Å². The molecule has 27 heavy (non-hydrogen) atoms. The van der Waals surface area contributed by atoms with Crippen LogP contribution >= 0.6 is 11.3 Å². The molecule has 0 saturated heterocycles. The van der Waals surface area contributed by atoms with Crippen LogP contribution in [0.1, 0.15) is 55.0 Å².